The standard InChI is InChI=1S/C20H29ClN2O3/c1-20(2,3)26-19(25)22-13-14-9-8-12-16(17(14)21)18(24)23-15-10-6-4-5-7-11-15/h8-9,12,15H,4-7,10-11,13H2,1-3H3,(H,22,25)(H,23,24). The van der Waals surface area contributed by atoms with Gasteiger partial charge in [0.25, 0.3) is 5.91 Å². The van der Waals surface area contributed by atoms with E-state index < -0.39 is 11.7 Å². The second kappa shape index (κ2) is 9.26. The maximum atomic E-state index is 12.6. The van der Waals surface area contributed by atoms with Gasteiger partial charge in [-0.3, -0.25) is 4.79 Å². The van der Waals surface area contributed by atoms with E-state index >= 15 is 0 Å². The number of amides is 2. The van der Waals surface area contributed by atoms with Crippen LogP contribution < -0.4 is 10.6 Å². The van der Waals surface area contributed by atoms with Gasteiger partial charge in [0.1, 0.15) is 5.60 Å². The maximum Gasteiger partial charge on any atom is 0.407 e. The molecule has 144 valence electrons. The van der Waals surface area contributed by atoms with Crippen LogP contribution in [-0.2, 0) is 11.3 Å². The van der Waals surface area contributed by atoms with Gasteiger partial charge in [-0.05, 0) is 45.2 Å². The molecule has 0 spiro atoms. The average Bonchev–Trinajstić information content (AvgIpc) is 2.81. The van der Waals surface area contributed by atoms with E-state index in [0.717, 1.165) is 25.7 Å². The number of nitrogens with one attached hydrogen (secondary N) is 2. The Morgan fingerprint density at radius 2 is 1.81 bits per heavy atom. The quantitative estimate of drug-likeness (QED) is 0.736. The molecule has 1 aromatic rings. The molecule has 1 aliphatic carbocycles. The summed E-state index contributed by atoms with van der Waals surface area (Å²) in [6.07, 6.45) is 6.29. The molecule has 0 unspecified atom stereocenters. The van der Waals surface area contributed by atoms with Crippen molar-refractivity contribution in [3.05, 3.63) is 34.3 Å². The number of alkyl carbamates (subject to hydrolysis) is 1. The van der Waals surface area contributed by atoms with Gasteiger partial charge in [-0.15, -0.1) is 0 Å². The van der Waals surface area contributed by atoms with Crippen LogP contribution >= 0.6 is 11.6 Å². The Hall–Kier alpha value is -1.75. The molecule has 0 aromatic heterocycles. The topological polar surface area (TPSA) is 67.4 Å². The van der Waals surface area contributed by atoms with Gasteiger partial charge in [-0.2, -0.15) is 0 Å². The minimum absolute atomic E-state index is 0.152. The smallest absolute Gasteiger partial charge is 0.407 e. The highest BCUT2D eigenvalue weighted by atomic mass is 35.5. The highest BCUT2D eigenvalue weighted by Crippen LogP contribution is 2.23. The van der Waals surface area contributed by atoms with Gasteiger partial charge in [0.05, 0.1) is 10.6 Å². The van der Waals surface area contributed by atoms with Crippen LogP contribution in [0.4, 0.5) is 4.79 Å². The van der Waals surface area contributed by atoms with Crippen molar-refractivity contribution in [2.75, 3.05) is 0 Å². The molecule has 26 heavy (non-hydrogen) atoms. The van der Waals surface area contributed by atoms with Crippen LogP contribution in [0, 0.1) is 0 Å². The van der Waals surface area contributed by atoms with Crippen LogP contribution in [0.3, 0.4) is 0 Å². The summed E-state index contributed by atoms with van der Waals surface area (Å²) < 4.78 is 5.22. The van der Waals surface area contributed by atoms with E-state index in [9.17, 15) is 9.59 Å². The zero-order chi connectivity index (χ0) is 19.2. The number of carbonyl (C=O) groups excluding carboxylic acids is 2. The summed E-state index contributed by atoms with van der Waals surface area (Å²) in [5.41, 5.74) is 0.569. The second-order valence-corrected chi connectivity index (χ2v) is 8.17. The lowest BCUT2D eigenvalue weighted by atomic mass is 10.1. The lowest BCUT2D eigenvalue weighted by molar-refractivity contribution is 0.0523. The Labute approximate surface area is 160 Å². The van der Waals surface area contributed by atoms with Crippen LogP contribution in [0.25, 0.3) is 0 Å². The van der Waals surface area contributed by atoms with Crippen LogP contribution in [-0.4, -0.2) is 23.6 Å². The molecule has 2 N–H and O–H groups in total. The predicted octanol–water partition coefficient (Wildman–Crippen LogP) is 4.82. The van der Waals surface area contributed by atoms with Crippen LogP contribution in [0.5, 0.6) is 0 Å². The Balaban J connectivity index is 1.98. The lowest BCUT2D eigenvalue weighted by Gasteiger charge is -2.20. The number of benzene rings is 1. The monoisotopic (exact) mass is 380 g/mol. The van der Waals surface area contributed by atoms with E-state index in [1.165, 1.54) is 12.8 Å². The highest BCUT2D eigenvalue weighted by Gasteiger charge is 2.20. The molecule has 1 saturated carbocycles. The molecule has 0 saturated heterocycles. The summed E-state index contributed by atoms with van der Waals surface area (Å²) in [4.78, 5) is 24.4. The van der Waals surface area contributed by atoms with Crippen molar-refractivity contribution in [1.82, 2.24) is 10.6 Å². The van der Waals surface area contributed by atoms with Gasteiger partial charge in [0.15, 0.2) is 0 Å². The van der Waals surface area contributed by atoms with E-state index in [0.29, 0.717) is 16.1 Å². The molecule has 0 atom stereocenters. The largest absolute Gasteiger partial charge is 0.444 e. The third kappa shape index (κ3) is 6.52. The molecule has 1 fully saturated rings. The first kappa shape index (κ1) is 20.6. The van der Waals surface area contributed by atoms with Crippen molar-refractivity contribution in [2.24, 2.45) is 0 Å². The number of rotatable bonds is 4. The molecular formula is C20H29ClN2O3. The number of hydrogen-bond acceptors (Lipinski definition) is 3. The lowest BCUT2D eigenvalue weighted by Crippen LogP contribution is -2.35. The van der Waals surface area contributed by atoms with Gasteiger partial charge in [0, 0.05) is 12.6 Å². The summed E-state index contributed by atoms with van der Waals surface area (Å²) in [7, 11) is 0. The second-order valence-electron chi connectivity index (χ2n) is 7.80. The van der Waals surface area contributed by atoms with Crippen LogP contribution in [0.2, 0.25) is 5.02 Å². The molecule has 0 radical (unpaired) electrons. The minimum Gasteiger partial charge on any atom is -0.444 e. The number of carbonyl (C=O) groups is 2. The molecule has 5 nitrogen and oxygen atoms in total. The van der Waals surface area contributed by atoms with Gasteiger partial charge in [0.2, 0.25) is 0 Å². The molecule has 0 aliphatic heterocycles. The maximum absolute atomic E-state index is 12.6. The van der Waals surface area contributed by atoms with Gasteiger partial charge in [-0.25, -0.2) is 4.79 Å². The first-order valence-electron chi connectivity index (χ1n) is 9.31. The summed E-state index contributed by atoms with van der Waals surface area (Å²) in [6.45, 7) is 5.62. The van der Waals surface area contributed by atoms with Crippen molar-refractivity contribution in [1.29, 1.82) is 0 Å². The van der Waals surface area contributed by atoms with Crippen molar-refractivity contribution in [3.8, 4) is 0 Å². The third-order valence-corrected chi connectivity index (χ3v) is 4.78. The molecule has 6 heteroatoms. The van der Waals surface area contributed by atoms with Crippen molar-refractivity contribution in [2.45, 2.75) is 77.5 Å². The first-order valence-corrected chi connectivity index (χ1v) is 9.69. The Kier molecular flexibility index (Phi) is 7.33. The molecular weight excluding hydrogens is 352 g/mol. The predicted molar refractivity (Wildman–Crippen MR) is 103 cm³/mol. The third-order valence-electron chi connectivity index (χ3n) is 4.34. The SMILES string of the molecule is CC(C)(C)OC(=O)NCc1cccc(C(=O)NC2CCCCCC2)c1Cl. The zero-order valence-corrected chi connectivity index (χ0v) is 16.6. The fraction of sp³-hybridized carbons (Fsp3) is 0.600. The van der Waals surface area contributed by atoms with E-state index in [1.807, 2.05) is 0 Å². The molecule has 0 heterocycles. The average molecular weight is 381 g/mol. The van der Waals surface area contributed by atoms with Crippen LogP contribution in [0.15, 0.2) is 18.2 Å². The van der Waals surface area contributed by atoms with E-state index in [1.54, 1.807) is 39.0 Å². The Morgan fingerprint density at radius 3 is 2.42 bits per heavy atom. The normalized spacial score (nSPS) is 15.8. The highest BCUT2D eigenvalue weighted by molar-refractivity contribution is 6.34. The fourth-order valence-corrected chi connectivity index (χ4v) is 3.34. The summed E-state index contributed by atoms with van der Waals surface area (Å²) in [5, 5.41) is 6.15. The summed E-state index contributed by atoms with van der Waals surface area (Å²) >= 11 is 6.42. The van der Waals surface area contributed by atoms with Crippen LogP contribution in [0.1, 0.15) is 75.2 Å². The summed E-state index contributed by atoms with van der Waals surface area (Å²) in [5.74, 6) is -0.152. The van der Waals surface area contributed by atoms with E-state index in [4.69, 9.17) is 16.3 Å². The number of hydrogen-bond donors (Lipinski definition) is 2. The Bertz CT molecular complexity index is 632. The molecule has 1 aromatic carbocycles. The van der Waals surface area contributed by atoms with Gasteiger partial charge < -0.3 is 15.4 Å². The molecule has 2 amide bonds. The first-order chi connectivity index (χ1) is 12.3. The number of halogens is 1. The molecule has 1 aliphatic rings. The van der Waals surface area contributed by atoms with Crippen molar-refractivity contribution < 1.29 is 14.3 Å². The van der Waals surface area contributed by atoms with Gasteiger partial charge in [-0.1, -0.05) is 49.4 Å². The zero-order valence-electron chi connectivity index (χ0n) is 15.9. The Morgan fingerprint density at radius 1 is 1.15 bits per heavy atom. The number of ether oxygens (including phenoxy) is 1. The van der Waals surface area contributed by atoms with Crippen molar-refractivity contribution in [3.63, 3.8) is 0 Å². The molecule has 2 rings (SSSR count). The van der Waals surface area contributed by atoms with Gasteiger partial charge >= 0.3 is 6.09 Å². The van der Waals surface area contributed by atoms with Crippen molar-refractivity contribution >= 4 is 23.6 Å². The fourth-order valence-electron chi connectivity index (χ4n) is 3.06. The van der Waals surface area contributed by atoms with E-state index in [-0.39, 0.29) is 18.5 Å². The van der Waals surface area contributed by atoms with E-state index in [2.05, 4.69) is 10.6 Å². The molecule has 0 bridgehead atoms. The minimum atomic E-state index is -0.561. The summed E-state index contributed by atoms with van der Waals surface area (Å²) in [6, 6.07) is 5.50.